The smallest absolute Gasteiger partial charge is 0.140 e. The van der Waals surface area contributed by atoms with Crippen LogP contribution in [0.2, 0.25) is 0 Å². The fourth-order valence-corrected chi connectivity index (χ4v) is 1.31. The molecule has 0 aromatic heterocycles. The molecule has 4 nitrogen and oxygen atoms in total. The molecule has 11 heavy (non-hydrogen) atoms. The van der Waals surface area contributed by atoms with Crippen molar-refractivity contribution in [1.29, 1.82) is 0 Å². The molecule has 62 valence electrons. The van der Waals surface area contributed by atoms with Gasteiger partial charge >= 0.3 is 0 Å². The van der Waals surface area contributed by atoms with Crippen LogP contribution in [-0.4, -0.2) is 49.2 Å². The fraction of sp³-hybridized carbons (Fsp3) is 0.833. The SMILES string of the molecule is BC1OC(CO)[C@@H](O)[C@H]1C=O. The Kier molecular flexibility index (Phi) is 2.65. The molecule has 1 fully saturated rings. The van der Waals surface area contributed by atoms with Gasteiger partial charge in [-0.2, -0.15) is 0 Å². The van der Waals surface area contributed by atoms with Crippen LogP contribution < -0.4 is 0 Å². The monoisotopic (exact) mass is 158 g/mol. The minimum Gasteiger partial charge on any atom is -0.394 e. The summed E-state index contributed by atoms with van der Waals surface area (Å²) in [5.41, 5.74) is 0. The third kappa shape index (κ3) is 1.45. The van der Waals surface area contributed by atoms with E-state index >= 15 is 0 Å². The van der Waals surface area contributed by atoms with Gasteiger partial charge in [0.2, 0.25) is 0 Å². The molecule has 0 aromatic carbocycles. The summed E-state index contributed by atoms with van der Waals surface area (Å²) in [5, 5.41) is 18.0. The fourth-order valence-electron chi connectivity index (χ4n) is 1.31. The molecule has 1 aliphatic rings. The molecule has 4 atom stereocenters. The first kappa shape index (κ1) is 8.71. The van der Waals surface area contributed by atoms with Crippen molar-refractivity contribution in [3.8, 4) is 0 Å². The molecule has 2 unspecified atom stereocenters. The number of ether oxygens (including phenoxy) is 1. The maximum Gasteiger partial charge on any atom is 0.140 e. The lowest BCUT2D eigenvalue weighted by atomic mass is 9.86. The number of rotatable bonds is 2. The number of aliphatic hydroxyl groups excluding tert-OH is 2. The van der Waals surface area contributed by atoms with E-state index in [-0.39, 0.29) is 12.6 Å². The summed E-state index contributed by atoms with van der Waals surface area (Å²) < 4.78 is 5.09. The number of carbonyl (C=O) groups is 1. The van der Waals surface area contributed by atoms with Gasteiger partial charge in [-0.3, -0.25) is 0 Å². The van der Waals surface area contributed by atoms with Gasteiger partial charge in [0.05, 0.1) is 18.6 Å². The van der Waals surface area contributed by atoms with Crippen molar-refractivity contribution in [2.24, 2.45) is 5.92 Å². The molecule has 0 bridgehead atoms. The number of aldehydes is 1. The van der Waals surface area contributed by atoms with Crippen LogP contribution in [0.25, 0.3) is 0 Å². The van der Waals surface area contributed by atoms with Crippen LogP contribution in [0, 0.1) is 5.92 Å². The average molecular weight is 158 g/mol. The topological polar surface area (TPSA) is 66.8 Å². The van der Waals surface area contributed by atoms with Crippen molar-refractivity contribution < 1.29 is 19.7 Å². The zero-order valence-corrected chi connectivity index (χ0v) is 6.30. The molecule has 1 rings (SSSR count). The molecule has 1 aliphatic heterocycles. The van der Waals surface area contributed by atoms with Crippen LogP contribution in [-0.2, 0) is 9.53 Å². The van der Waals surface area contributed by atoms with Crippen molar-refractivity contribution in [3.63, 3.8) is 0 Å². The summed E-state index contributed by atoms with van der Waals surface area (Å²) in [6.07, 6.45) is -0.780. The Balaban J connectivity index is 2.62. The summed E-state index contributed by atoms with van der Waals surface area (Å²) >= 11 is 0. The van der Waals surface area contributed by atoms with Crippen LogP contribution in [0.4, 0.5) is 0 Å². The van der Waals surface area contributed by atoms with Crippen molar-refractivity contribution in [2.45, 2.75) is 18.2 Å². The molecule has 2 N–H and O–H groups in total. The Morgan fingerprint density at radius 1 is 1.64 bits per heavy atom. The predicted molar refractivity (Wildman–Crippen MR) is 39.9 cm³/mol. The van der Waals surface area contributed by atoms with Gasteiger partial charge in [0.25, 0.3) is 0 Å². The first-order chi connectivity index (χ1) is 5.20. The summed E-state index contributed by atoms with van der Waals surface area (Å²) in [6.45, 7) is -0.240. The lowest BCUT2D eigenvalue weighted by molar-refractivity contribution is -0.113. The summed E-state index contributed by atoms with van der Waals surface area (Å²) in [5.74, 6) is -0.493. The van der Waals surface area contributed by atoms with Gasteiger partial charge < -0.3 is 19.7 Å². The Morgan fingerprint density at radius 2 is 2.27 bits per heavy atom. The van der Waals surface area contributed by atoms with Crippen LogP contribution in [0.3, 0.4) is 0 Å². The van der Waals surface area contributed by atoms with E-state index in [9.17, 15) is 9.90 Å². The zero-order chi connectivity index (χ0) is 8.43. The van der Waals surface area contributed by atoms with Crippen LogP contribution >= 0.6 is 0 Å². The third-order valence-electron chi connectivity index (χ3n) is 2.04. The highest BCUT2D eigenvalue weighted by molar-refractivity contribution is 6.12. The van der Waals surface area contributed by atoms with E-state index in [1.807, 2.05) is 0 Å². The number of aliphatic hydroxyl groups is 2. The highest BCUT2D eigenvalue weighted by Gasteiger charge is 2.40. The van der Waals surface area contributed by atoms with Crippen LogP contribution in [0.15, 0.2) is 0 Å². The van der Waals surface area contributed by atoms with Gasteiger partial charge in [-0.05, 0) is 0 Å². The summed E-state index contributed by atoms with van der Waals surface area (Å²) in [6, 6.07) is -0.292. The van der Waals surface area contributed by atoms with Crippen molar-refractivity contribution in [3.05, 3.63) is 0 Å². The van der Waals surface area contributed by atoms with E-state index < -0.39 is 18.1 Å². The molecule has 0 aromatic rings. The molecule has 0 aliphatic carbocycles. The quantitative estimate of drug-likeness (QED) is 0.344. The molecule has 0 saturated carbocycles. The van der Waals surface area contributed by atoms with E-state index in [0.717, 1.165) is 0 Å². The van der Waals surface area contributed by atoms with Gasteiger partial charge in [0.15, 0.2) is 0 Å². The third-order valence-corrected chi connectivity index (χ3v) is 2.04. The summed E-state index contributed by atoms with van der Waals surface area (Å²) in [4.78, 5) is 10.4. The maximum absolute atomic E-state index is 10.4. The molecule has 1 heterocycles. The normalized spacial score (nSPS) is 44.2. The maximum atomic E-state index is 10.4. The first-order valence-electron chi connectivity index (χ1n) is 3.60. The lowest BCUT2D eigenvalue weighted by Gasteiger charge is -2.10. The standard InChI is InChI=1S/C6H11BO4/c7-6-3(1-8)5(10)4(2-9)11-6/h1,3-6,9-10H,2,7H2/t3-,4?,5+,6?/m1/s1. The minimum atomic E-state index is -0.854. The second kappa shape index (κ2) is 3.34. The number of carbonyl (C=O) groups excluding carboxylic acids is 1. The van der Waals surface area contributed by atoms with Crippen molar-refractivity contribution >= 4 is 14.1 Å². The van der Waals surface area contributed by atoms with Gasteiger partial charge in [0.1, 0.15) is 20.2 Å². The molecule has 0 spiro atoms. The van der Waals surface area contributed by atoms with Crippen LogP contribution in [0.5, 0.6) is 0 Å². The van der Waals surface area contributed by atoms with Crippen LogP contribution in [0.1, 0.15) is 0 Å². The minimum absolute atomic E-state index is 0.240. The van der Waals surface area contributed by atoms with E-state index in [1.165, 1.54) is 0 Å². The molecule has 0 radical (unpaired) electrons. The zero-order valence-electron chi connectivity index (χ0n) is 6.30. The highest BCUT2D eigenvalue weighted by Crippen LogP contribution is 2.23. The Labute approximate surface area is 65.6 Å². The molecule has 1 saturated heterocycles. The lowest BCUT2D eigenvalue weighted by Crippen LogP contribution is -2.30. The van der Waals surface area contributed by atoms with Crippen molar-refractivity contribution in [2.75, 3.05) is 6.61 Å². The number of hydrogen-bond acceptors (Lipinski definition) is 4. The van der Waals surface area contributed by atoms with E-state index in [0.29, 0.717) is 6.29 Å². The molecular weight excluding hydrogens is 147 g/mol. The van der Waals surface area contributed by atoms with E-state index in [1.54, 1.807) is 7.85 Å². The first-order valence-corrected chi connectivity index (χ1v) is 3.60. The second-order valence-electron chi connectivity index (χ2n) is 2.77. The van der Waals surface area contributed by atoms with E-state index in [2.05, 4.69) is 0 Å². The van der Waals surface area contributed by atoms with Gasteiger partial charge in [0, 0.05) is 6.00 Å². The second-order valence-corrected chi connectivity index (χ2v) is 2.77. The molecule has 0 amide bonds. The van der Waals surface area contributed by atoms with E-state index in [4.69, 9.17) is 9.84 Å². The summed E-state index contributed by atoms with van der Waals surface area (Å²) in [7, 11) is 1.71. The molecule has 5 heteroatoms. The van der Waals surface area contributed by atoms with Gasteiger partial charge in [-0.15, -0.1) is 0 Å². The number of hydrogen-bond donors (Lipinski definition) is 2. The largest absolute Gasteiger partial charge is 0.394 e. The Hall–Kier alpha value is -0.385. The highest BCUT2D eigenvalue weighted by atomic mass is 16.5. The predicted octanol–water partition coefficient (Wildman–Crippen LogP) is -2.49. The molecular formula is C6H11BO4. The average Bonchev–Trinajstić information content (AvgIpc) is 2.26. The van der Waals surface area contributed by atoms with Gasteiger partial charge in [-0.25, -0.2) is 0 Å². The van der Waals surface area contributed by atoms with Crippen molar-refractivity contribution in [1.82, 2.24) is 0 Å². The van der Waals surface area contributed by atoms with Gasteiger partial charge in [-0.1, -0.05) is 0 Å². The Bertz CT molecular complexity index is 152. The Morgan fingerprint density at radius 3 is 2.55 bits per heavy atom.